The van der Waals surface area contributed by atoms with Crippen molar-refractivity contribution in [1.82, 2.24) is 9.55 Å². The van der Waals surface area contributed by atoms with Gasteiger partial charge in [0.05, 0.1) is 37.2 Å². The van der Waals surface area contributed by atoms with Crippen LogP contribution in [0.1, 0.15) is 42.7 Å². The summed E-state index contributed by atoms with van der Waals surface area (Å²) in [6.45, 7) is 5.59. The van der Waals surface area contributed by atoms with Gasteiger partial charge < -0.3 is 24.7 Å². The molecule has 180 valence electrons. The Labute approximate surface area is 199 Å². The molecule has 8 heteroatoms. The van der Waals surface area contributed by atoms with E-state index in [4.69, 9.17) is 9.47 Å². The number of hydrogen-bond donors (Lipinski definition) is 2. The molecule has 0 aliphatic carbocycles. The van der Waals surface area contributed by atoms with Crippen molar-refractivity contribution in [2.24, 2.45) is 5.92 Å². The standard InChI is InChI=1S/C26H32N4O4/c1-17(2)28-20-14-21-22(29-25(31)19-11-13-34-16-19)23(26(32)33-3)30(24(21)27-15-20)12-7-10-18-8-5-4-6-9-18/h4-6,8-9,14-15,17,19,28H,7,10-13,16H2,1-3H3,(H,29,31)/t19-/m1/s1. The lowest BCUT2D eigenvalue weighted by Crippen LogP contribution is -2.24. The first-order valence-electron chi connectivity index (χ1n) is 11.8. The Balaban J connectivity index is 1.74. The van der Waals surface area contributed by atoms with Gasteiger partial charge in [0, 0.05) is 24.6 Å². The molecule has 3 heterocycles. The minimum atomic E-state index is -0.506. The van der Waals surface area contributed by atoms with Gasteiger partial charge in [0.2, 0.25) is 5.91 Å². The van der Waals surface area contributed by atoms with Crippen LogP contribution in [0, 0.1) is 5.92 Å². The highest BCUT2D eigenvalue weighted by Crippen LogP contribution is 2.34. The highest BCUT2D eigenvalue weighted by molar-refractivity contribution is 6.11. The lowest BCUT2D eigenvalue weighted by atomic mass is 10.1. The number of methoxy groups -OCH3 is 1. The second-order valence-electron chi connectivity index (χ2n) is 8.90. The Morgan fingerprint density at radius 3 is 2.74 bits per heavy atom. The van der Waals surface area contributed by atoms with Crippen molar-refractivity contribution in [2.45, 2.75) is 45.7 Å². The van der Waals surface area contributed by atoms with Gasteiger partial charge in [-0.15, -0.1) is 0 Å². The minimum Gasteiger partial charge on any atom is -0.464 e. The first-order valence-corrected chi connectivity index (χ1v) is 11.8. The molecule has 2 N–H and O–H groups in total. The fraction of sp³-hybridized carbons (Fsp3) is 0.423. The monoisotopic (exact) mass is 464 g/mol. The third-order valence-electron chi connectivity index (χ3n) is 5.97. The smallest absolute Gasteiger partial charge is 0.356 e. The first kappa shape index (κ1) is 23.8. The third kappa shape index (κ3) is 5.22. The second-order valence-corrected chi connectivity index (χ2v) is 8.90. The van der Waals surface area contributed by atoms with Gasteiger partial charge in [0.15, 0.2) is 5.69 Å². The lowest BCUT2D eigenvalue weighted by Gasteiger charge is -2.12. The highest BCUT2D eigenvalue weighted by atomic mass is 16.5. The Bertz CT molecular complexity index is 1150. The van der Waals surface area contributed by atoms with Gasteiger partial charge in [0.25, 0.3) is 0 Å². The van der Waals surface area contributed by atoms with Crippen molar-refractivity contribution in [3.05, 3.63) is 53.9 Å². The van der Waals surface area contributed by atoms with Crippen molar-refractivity contribution in [3.8, 4) is 0 Å². The number of ether oxygens (including phenoxy) is 2. The molecule has 0 unspecified atom stereocenters. The number of aromatic nitrogens is 2. The van der Waals surface area contributed by atoms with Gasteiger partial charge in [-0.3, -0.25) is 4.79 Å². The average molecular weight is 465 g/mol. The number of hydrogen-bond acceptors (Lipinski definition) is 6. The predicted molar refractivity (Wildman–Crippen MR) is 132 cm³/mol. The SMILES string of the molecule is COC(=O)c1c(NC(=O)[C@@H]2CCOC2)c2cc(NC(C)C)cnc2n1CCCc1ccccc1. The number of pyridine rings is 1. The van der Waals surface area contributed by atoms with Gasteiger partial charge in [-0.2, -0.15) is 0 Å². The maximum atomic E-state index is 13.0. The molecule has 0 bridgehead atoms. The van der Waals surface area contributed by atoms with Crippen LogP contribution in [0.3, 0.4) is 0 Å². The zero-order valence-electron chi connectivity index (χ0n) is 20.0. The van der Waals surface area contributed by atoms with E-state index >= 15 is 0 Å². The van der Waals surface area contributed by atoms with E-state index in [1.807, 2.05) is 42.7 Å². The summed E-state index contributed by atoms with van der Waals surface area (Å²) in [5.74, 6) is -0.908. The topological polar surface area (TPSA) is 94.5 Å². The average Bonchev–Trinajstić information content (AvgIpc) is 3.46. The largest absolute Gasteiger partial charge is 0.464 e. The van der Waals surface area contributed by atoms with E-state index in [0.717, 1.165) is 18.5 Å². The summed E-state index contributed by atoms with van der Waals surface area (Å²) in [5.41, 5.74) is 3.44. The number of carbonyl (C=O) groups is 2. The van der Waals surface area contributed by atoms with E-state index in [1.165, 1.54) is 12.7 Å². The molecule has 1 atom stereocenters. The van der Waals surface area contributed by atoms with Gasteiger partial charge in [-0.1, -0.05) is 30.3 Å². The molecule has 1 aromatic carbocycles. The van der Waals surface area contributed by atoms with Crippen LogP contribution in [0.5, 0.6) is 0 Å². The number of carbonyl (C=O) groups excluding carboxylic acids is 2. The van der Waals surface area contributed by atoms with E-state index in [0.29, 0.717) is 48.6 Å². The van der Waals surface area contributed by atoms with Crippen molar-refractivity contribution >= 4 is 34.3 Å². The van der Waals surface area contributed by atoms with Crippen LogP contribution in [0.2, 0.25) is 0 Å². The van der Waals surface area contributed by atoms with Crippen LogP contribution in [0.25, 0.3) is 11.0 Å². The van der Waals surface area contributed by atoms with E-state index < -0.39 is 5.97 Å². The molecule has 34 heavy (non-hydrogen) atoms. The molecule has 2 aromatic heterocycles. The zero-order chi connectivity index (χ0) is 24.1. The molecule has 1 aliphatic heterocycles. The van der Waals surface area contributed by atoms with Crippen molar-refractivity contribution in [1.29, 1.82) is 0 Å². The van der Waals surface area contributed by atoms with Crippen molar-refractivity contribution < 1.29 is 19.1 Å². The minimum absolute atomic E-state index is 0.159. The molecule has 1 fully saturated rings. The fourth-order valence-electron chi connectivity index (χ4n) is 4.34. The Kier molecular flexibility index (Phi) is 7.47. The van der Waals surface area contributed by atoms with Crippen LogP contribution >= 0.6 is 0 Å². The fourth-order valence-corrected chi connectivity index (χ4v) is 4.34. The van der Waals surface area contributed by atoms with Crippen LogP contribution < -0.4 is 10.6 Å². The molecule has 0 saturated carbocycles. The molecular weight excluding hydrogens is 432 g/mol. The number of aryl methyl sites for hydroxylation is 2. The van der Waals surface area contributed by atoms with Crippen LogP contribution in [-0.2, 0) is 27.2 Å². The number of amides is 1. The summed E-state index contributed by atoms with van der Waals surface area (Å²) in [6.07, 6.45) is 4.07. The molecule has 3 aromatic rings. The number of esters is 1. The number of anilines is 2. The summed E-state index contributed by atoms with van der Waals surface area (Å²) in [5, 5.41) is 7.07. The molecule has 0 spiro atoms. The number of nitrogens with one attached hydrogen (secondary N) is 2. The van der Waals surface area contributed by atoms with E-state index in [2.05, 4.69) is 27.8 Å². The predicted octanol–water partition coefficient (Wildman–Crippen LogP) is 4.25. The van der Waals surface area contributed by atoms with Gasteiger partial charge in [-0.05, 0) is 44.7 Å². The lowest BCUT2D eigenvalue weighted by molar-refractivity contribution is -0.119. The summed E-state index contributed by atoms with van der Waals surface area (Å²) in [4.78, 5) is 30.6. The van der Waals surface area contributed by atoms with E-state index in [1.54, 1.807) is 6.20 Å². The Hall–Kier alpha value is -3.39. The summed E-state index contributed by atoms with van der Waals surface area (Å²) >= 11 is 0. The van der Waals surface area contributed by atoms with Gasteiger partial charge in [-0.25, -0.2) is 9.78 Å². The van der Waals surface area contributed by atoms with Crippen molar-refractivity contribution in [2.75, 3.05) is 31.0 Å². The highest BCUT2D eigenvalue weighted by Gasteiger charge is 2.29. The Morgan fingerprint density at radius 1 is 1.26 bits per heavy atom. The Morgan fingerprint density at radius 2 is 2.06 bits per heavy atom. The van der Waals surface area contributed by atoms with Gasteiger partial charge >= 0.3 is 5.97 Å². The summed E-state index contributed by atoms with van der Waals surface area (Å²) < 4.78 is 12.4. The number of fused-ring (bicyclic) bond motifs is 1. The molecule has 1 amide bonds. The van der Waals surface area contributed by atoms with E-state index in [9.17, 15) is 9.59 Å². The van der Waals surface area contributed by atoms with Gasteiger partial charge in [0.1, 0.15) is 5.65 Å². The molecular formula is C26H32N4O4. The number of rotatable bonds is 9. The maximum Gasteiger partial charge on any atom is 0.356 e. The normalized spacial score (nSPS) is 15.6. The molecule has 0 radical (unpaired) electrons. The summed E-state index contributed by atoms with van der Waals surface area (Å²) in [7, 11) is 1.35. The number of benzene rings is 1. The molecule has 1 saturated heterocycles. The van der Waals surface area contributed by atoms with Crippen LogP contribution in [0.4, 0.5) is 11.4 Å². The third-order valence-corrected chi connectivity index (χ3v) is 5.97. The second kappa shape index (κ2) is 10.7. The summed E-state index contributed by atoms with van der Waals surface area (Å²) in [6, 6.07) is 12.4. The number of nitrogens with zero attached hydrogens (tertiary/aromatic N) is 2. The zero-order valence-corrected chi connectivity index (χ0v) is 20.0. The molecule has 4 rings (SSSR count). The molecule has 1 aliphatic rings. The van der Waals surface area contributed by atoms with Crippen LogP contribution in [0.15, 0.2) is 42.6 Å². The molecule has 8 nitrogen and oxygen atoms in total. The maximum absolute atomic E-state index is 13.0. The van der Waals surface area contributed by atoms with E-state index in [-0.39, 0.29) is 17.9 Å². The van der Waals surface area contributed by atoms with Crippen LogP contribution in [-0.4, -0.2) is 47.8 Å². The van der Waals surface area contributed by atoms with Crippen molar-refractivity contribution in [3.63, 3.8) is 0 Å². The first-order chi connectivity index (χ1) is 16.5. The quantitative estimate of drug-likeness (QED) is 0.460.